The van der Waals surface area contributed by atoms with Gasteiger partial charge in [-0.1, -0.05) is 13.8 Å². The maximum absolute atomic E-state index is 12.7. The minimum Gasteiger partial charge on any atom is -0.345 e. The van der Waals surface area contributed by atoms with Crippen LogP contribution in [0.1, 0.15) is 31.6 Å². The van der Waals surface area contributed by atoms with Gasteiger partial charge in [0.1, 0.15) is 4.21 Å². The highest BCUT2D eigenvalue weighted by Gasteiger charge is 2.35. The van der Waals surface area contributed by atoms with Crippen LogP contribution in [0.25, 0.3) is 0 Å². The van der Waals surface area contributed by atoms with Crippen molar-refractivity contribution in [1.29, 1.82) is 0 Å². The van der Waals surface area contributed by atoms with Crippen LogP contribution in [-0.4, -0.2) is 50.2 Å². The summed E-state index contributed by atoms with van der Waals surface area (Å²) in [4.78, 5) is 15.3. The third-order valence-corrected chi connectivity index (χ3v) is 7.39. The van der Waals surface area contributed by atoms with Gasteiger partial charge in [-0.3, -0.25) is 4.79 Å². The number of nitrogens with zero attached hydrogens (tertiary/aromatic N) is 2. The SMILES string of the molecule is Cc1ccc(S(=O)(=O)N2CCCC(C(=O)N(C)CC(C)C)C2)s1. The molecule has 1 aromatic heterocycles. The number of thiophene rings is 1. The first-order chi connectivity index (χ1) is 10.7. The Hall–Kier alpha value is -0.920. The van der Waals surface area contributed by atoms with Crippen LogP contribution in [0.5, 0.6) is 0 Å². The first-order valence-electron chi connectivity index (χ1n) is 8.03. The van der Waals surface area contributed by atoms with E-state index in [-0.39, 0.29) is 11.8 Å². The molecule has 23 heavy (non-hydrogen) atoms. The Bertz CT molecular complexity index is 652. The lowest BCUT2D eigenvalue weighted by molar-refractivity contribution is -0.135. The van der Waals surface area contributed by atoms with E-state index in [1.165, 1.54) is 15.6 Å². The van der Waals surface area contributed by atoms with E-state index in [4.69, 9.17) is 0 Å². The molecule has 1 aromatic rings. The van der Waals surface area contributed by atoms with E-state index < -0.39 is 10.0 Å². The molecule has 2 heterocycles. The number of carbonyl (C=O) groups excluding carboxylic acids is 1. The molecule has 2 rings (SSSR count). The van der Waals surface area contributed by atoms with Gasteiger partial charge in [-0.2, -0.15) is 4.31 Å². The number of hydrogen-bond acceptors (Lipinski definition) is 4. The fraction of sp³-hybridized carbons (Fsp3) is 0.688. The lowest BCUT2D eigenvalue weighted by Gasteiger charge is -2.33. The van der Waals surface area contributed by atoms with E-state index in [2.05, 4.69) is 13.8 Å². The summed E-state index contributed by atoms with van der Waals surface area (Å²) in [6, 6.07) is 3.48. The molecule has 0 spiro atoms. The summed E-state index contributed by atoms with van der Waals surface area (Å²) in [7, 11) is -1.67. The second-order valence-corrected chi connectivity index (χ2v) is 10.1. The first-order valence-corrected chi connectivity index (χ1v) is 10.3. The van der Waals surface area contributed by atoms with Gasteiger partial charge < -0.3 is 4.90 Å². The molecule has 1 atom stereocenters. The lowest BCUT2D eigenvalue weighted by atomic mass is 9.98. The molecule has 1 amide bonds. The monoisotopic (exact) mass is 358 g/mol. The molecule has 0 N–H and O–H groups in total. The number of hydrogen-bond donors (Lipinski definition) is 0. The van der Waals surface area contributed by atoms with Crippen molar-refractivity contribution in [2.24, 2.45) is 11.8 Å². The Morgan fingerprint density at radius 3 is 2.70 bits per heavy atom. The number of aryl methyl sites for hydroxylation is 1. The van der Waals surface area contributed by atoms with Gasteiger partial charge in [0.2, 0.25) is 5.91 Å². The number of piperidine rings is 1. The van der Waals surface area contributed by atoms with Crippen LogP contribution in [-0.2, 0) is 14.8 Å². The molecular weight excluding hydrogens is 332 g/mol. The molecule has 0 bridgehead atoms. The Kier molecular flexibility index (Phi) is 5.86. The fourth-order valence-electron chi connectivity index (χ4n) is 2.99. The number of amides is 1. The average Bonchev–Trinajstić information content (AvgIpc) is 2.93. The van der Waals surface area contributed by atoms with Crippen LogP contribution in [0, 0.1) is 18.8 Å². The highest BCUT2D eigenvalue weighted by atomic mass is 32.2. The van der Waals surface area contributed by atoms with E-state index in [1.807, 2.05) is 13.0 Å². The van der Waals surface area contributed by atoms with Crippen molar-refractivity contribution >= 4 is 27.3 Å². The van der Waals surface area contributed by atoms with Gasteiger partial charge in [0.15, 0.2) is 0 Å². The second kappa shape index (κ2) is 7.32. The summed E-state index contributed by atoms with van der Waals surface area (Å²) in [5, 5.41) is 0. The van der Waals surface area contributed by atoms with Gasteiger partial charge in [-0.15, -0.1) is 11.3 Å². The van der Waals surface area contributed by atoms with Gasteiger partial charge in [-0.05, 0) is 37.8 Å². The highest BCUT2D eigenvalue weighted by Crippen LogP contribution is 2.28. The minimum absolute atomic E-state index is 0.0564. The summed E-state index contributed by atoms with van der Waals surface area (Å²) in [6.07, 6.45) is 1.49. The van der Waals surface area contributed by atoms with Crippen LogP contribution in [0.2, 0.25) is 0 Å². The molecule has 0 aliphatic carbocycles. The largest absolute Gasteiger partial charge is 0.345 e. The topological polar surface area (TPSA) is 57.7 Å². The van der Waals surface area contributed by atoms with Crippen LogP contribution in [0.15, 0.2) is 16.3 Å². The van der Waals surface area contributed by atoms with Gasteiger partial charge in [-0.25, -0.2) is 8.42 Å². The van der Waals surface area contributed by atoms with Gasteiger partial charge in [0, 0.05) is 31.6 Å². The summed E-state index contributed by atoms with van der Waals surface area (Å²) >= 11 is 1.29. The van der Waals surface area contributed by atoms with Gasteiger partial charge in [0.05, 0.1) is 5.92 Å². The molecule has 7 heteroatoms. The van der Waals surface area contributed by atoms with E-state index >= 15 is 0 Å². The van der Waals surface area contributed by atoms with E-state index in [9.17, 15) is 13.2 Å². The normalized spacial score (nSPS) is 20.0. The predicted octanol–water partition coefficient (Wildman–Crippen LogP) is 2.57. The van der Waals surface area contributed by atoms with Crippen molar-refractivity contribution in [3.8, 4) is 0 Å². The number of rotatable bonds is 5. The zero-order valence-corrected chi connectivity index (χ0v) is 15.9. The minimum atomic E-state index is -3.48. The Labute approximate surface area is 143 Å². The average molecular weight is 359 g/mol. The van der Waals surface area contributed by atoms with Crippen molar-refractivity contribution in [3.05, 3.63) is 17.0 Å². The van der Waals surface area contributed by atoms with Gasteiger partial charge >= 0.3 is 0 Å². The van der Waals surface area contributed by atoms with Crippen LogP contribution in [0.4, 0.5) is 0 Å². The third kappa shape index (κ3) is 4.33. The van der Waals surface area contributed by atoms with Crippen LogP contribution >= 0.6 is 11.3 Å². The van der Waals surface area contributed by atoms with Crippen molar-refractivity contribution in [3.63, 3.8) is 0 Å². The van der Waals surface area contributed by atoms with Gasteiger partial charge in [0.25, 0.3) is 10.0 Å². The van der Waals surface area contributed by atoms with Crippen molar-refractivity contribution in [2.75, 3.05) is 26.7 Å². The molecule has 0 aromatic carbocycles. The Balaban J connectivity index is 2.10. The summed E-state index contributed by atoms with van der Waals surface area (Å²) < 4.78 is 27.3. The first kappa shape index (κ1) is 18.4. The fourth-order valence-corrected chi connectivity index (χ4v) is 5.95. The van der Waals surface area contributed by atoms with Crippen molar-refractivity contribution in [1.82, 2.24) is 9.21 Å². The molecule has 5 nitrogen and oxygen atoms in total. The molecule has 1 unspecified atom stereocenters. The number of sulfonamides is 1. The molecule has 0 saturated carbocycles. The zero-order valence-electron chi connectivity index (χ0n) is 14.3. The second-order valence-electron chi connectivity index (χ2n) is 6.68. The van der Waals surface area contributed by atoms with E-state index in [0.717, 1.165) is 17.7 Å². The molecular formula is C16H26N2O3S2. The molecule has 130 valence electrons. The molecule has 1 fully saturated rings. The number of carbonyl (C=O) groups is 1. The Morgan fingerprint density at radius 1 is 1.43 bits per heavy atom. The molecule has 0 radical (unpaired) electrons. The smallest absolute Gasteiger partial charge is 0.252 e. The molecule has 1 aliphatic heterocycles. The van der Waals surface area contributed by atoms with E-state index in [0.29, 0.717) is 29.8 Å². The van der Waals surface area contributed by atoms with Crippen molar-refractivity contribution < 1.29 is 13.2 Å². The predicted molar refractivity (Wildman–Crippen MR) is 93.0 cm³/mol. The van der Waals surface area contributed by atoms with Crippen LogP contribution in [0.3, 0.4) is 0 Å². The zero-order chi connectivity index (χ0) is 17.2. The summed E-state index contributed by atoms with van der Waals surface area (Å²) in [6.45, 7) is 7.53. The standard InChI is InChI=1S/C16H26N2O3S2/c1-12(2)10-17(4)16(19)14-6-5-9-18(11-14)23(20,21)15-8-7-13(3)22-15/h7-8,12,14H,5-6,9-11H2,1-4H3. The lowest BCUT2D eigenvalue weighted by Crippen LogP contribution is -2.46. The van der Waals surface area contributed by atoms with E-state index in [1.54, 1.807) is 18.0 Å². The third-order valence-electron chi connectivity index (χ3n) is 4.06. The molecule has 1 saturated heterocycles. The Morgan fingerprint density at radius 2 is 2.13 bits per heavy atom. The quantitative estimate of drug-likeness (QED) is 0.813. The van der Waals surface area contributed by atoms with Crippen molar-refractivity contribution in [2.45, 2.75) is 37.8 Å². The molecule has 1 aliphatic rings. The van der Waals surface area contributed by atoms with Crippen LogP contribution < -0.4 is 0 Å². The highest BCUT2D eigenvalue weighted by molar-refractivity contribution is 7.91. The summed E-state index contributed by atoms with van der Waals surface area (Å²) in [5.74, 6) is 0.228. The maximum Gasteiger partial charge on any atom is 0.252 e. The summed E-state index contributed by atoms with van der Waals surface area (Å²) in [5.41, 5.74) is 0. The maximum atomic E-state index is 12.7.